The van der Waals surface area contributed by atoms with Crippen molar-refractivity contribution in [1.82, 2.24) is 0 Å². The van der Waals surface area contributed by atoms with Crippen molar-refractivity contribution in [2.45, 2.75) is 25.9 Å². The van der Waals surface area contributed by atoms with Crippen LogP contribution in [0.2, 0.25) is 12.6 Å². The third-order valence-electron chi connectivity index (χ3n) is 1.07. The van der Waals surface area contributed by atoms with Crippen LogP contribution in [-0.4, -0.2) is 17.6 Å². The van der Waals surface area contributed by atoms with Gasteiger partial charge in [0.05, 0.1) is 0 Å². The molecular formula is C6H12Cl2OSSi. The number of thioether (sulfide) groups is 1. The van der Waals surface area contributed by atoms with E-state index in [1.54, 1.807) is 6.92 Å². The average Bonchev–Trinajstić information content (AvgIpc) is 1.78. The zero-order valence-electron chi connectivity index (χ0n) is 6.69. The lowest BCUT2D eigenvalue weighted by Gasteiger charge is -2.07. The molecule has 1 nitrogen and oxygen atoms in total. The molecule has 66 valence electrons. The molecule has 0 aromatic carbocycles. The summed E-state index contributed by atoms with van der Waals surface area (Å²) >= 11 is 13.1. The van der Waals surface area contributed by atoms with E-state index in [1.165, 1.54) is 11.8 Å². The highest BCUT2D eigenvalue weighted by Crippen LogP contribution is 2.22. The highest BCUT2D eigenvalue weighted by molar-refractivity contribution is 8.13. The summed E-state index contributed by atoms with van der Waals surface area (Å²) in [5, 5.41) is 0.164. The fraction of sp³-hybridized carbons (Fsp3) is 0.833. The summed E-state index contributed by atoms with van der Waals surface area (Å²) in [6, 6.07) is 0.871. The Hall–Kier alpha value is 0.817. The molecule has 0 aliphatic carbocycles. The van der Waals surface area contributed by atoms with Crippen molar-refractivity contribution in [1.29, 1.82) is 0 Å². The molecule has 0 aliphatic heterocycles. The molecule has 0 rings (SSSR count). The van der Waals surface area contributed by atoms with Crippen LogP contribution in [0.25, 0.3) is 0 Å². The molecular weight excluding hydrogens is 219 g/mol. The van der Waals surface area contributed by atoms with Crippen molar-refractivity contribution < 1.29 is 4.79 Å². The normalized spacial score (nSPS) is 11.6. The minimum atomic E-state index is -1.91. The summed E-state index contributed by atoms with van der Waals surface area (Å²) in [6.45, 7) is 1.56. The fourth-order valence-electron chi connectivity index (χ4n) is 0.598. The van der Waals surface area contributed by atoms with Crippen molar-refractivity contribution in [3.05, 3.63) is 0 Å². The van der Waals surface area contributed by atoms with E-state index < -0.39 is 6.69 Å². The molecule has 0 atom stereocenters. The molecule has 0 radical (unpaired) electrons. The van der Waals surface area contributed by atoms with Gasteiger partial charge in [-0.05, 0) is 19.0 Å². The Morgan fingerprint density at radius 2 is 2.09 bits per heavy atom. The zero-order valence-corrected chi connectivity index (χ0v) is 10.0. The van der Waals surface area contributed by atoms with Crippen LogP contribution in [0.5, 0.6) is 0 Å². The summed E-state index contributed by atoms with van der Waals surface area (Å²) in [7, 11) is 0. The van der Waals surface area contributed by atoms with Crippen molar-refractivity contribution >= 4 is 45.7 Å². The van der Waals surface area contributed by atoms with Crippen LogP contribution < -0.4 is 0 Å². The van der Waals surface area contributed by atoms with Gasteiger partial charge in [-0.3, -0.25) is 4.79 Å². The maximum absolute atomic E-state index is 10.5. The van der Waals surface area contributed by atoms with Crippen LogP contribution in [0.1, 0.15) is 13.3 Å². The molecule has 0 amide bonds. The summed E-state index contributed by atoms with van der Waals surface area (Å²) in [4.78, 5) is 10.5. The summed E-state index contributed by atoms with van der Waals surface area (Å²) in [5.74, 6) is 0.845. The lowest BCUT2D eigenvalue weighted by molar-refractivity contribution is -0.109. The average molecular weight is 231 g/mol. The summed E-state index contributed by atoms with van der Waals surface area (Å²) in [6.07, 6.45) is 0.944. The molecule has 0 aromatic rings. The minimum Gasteiger partial charge on any atom is -0.288 e. The lowest BCUT2D eigenvalue weighted by Crippen LogP contribution is -2.12. The second-order valence-electron chi connectivity index (χ2n) is 2.51. The van der Waals surface area contributed by atoms with Gasteiger partial charge in [0, 0.05) is 12.7 Å². The number of carbonyl (C=O) groups excluding carboxylic acids is 1. The van der Waals surface area contributed by atoms with Crippen LogP contribution >= 0.6 is 33.9 Å². The third kappa shape index (κ3) is 10.8. The van der Waals surface area contributed by atoms with Crippen LogP contribution in [0, 0.1) is 0 Å². The van der Waals surface area contributed by atoms with Gasteiger partial charge in [-0.1, -0.05) is 11.8 Å². The van der Waals surface area contributed by atoms with Crippen LogP contribution in [-0.2, 0) is 4.79 Å². The van der Waals surface area contributed by atoms with Crippen molar-refractivity contribution in [3.63, 3.8) is 0 Å². The largest absolute Gasteiger partial charge is 0.288 e. The number of carbonyl (C=O) groups is 1. The third-order valence-corrected chi connectivity index (χ3v) is 4.33. The van der Waals surface area contributed by atoms with Gasteiger partial charge in [-0.2, -0.15) is 0 Å². The molecule has 0 heterocycles. The van der Waals surface area contributed by atoms with Crippen molar-refractivity contribution in [2.24, 2.45) is 0 Å². The van der Waals surface area contributed by atoms with Crippen molar-refractivity contribution in [3.8, 4) is 0 Å². The highest BCUT2D eigenvalue weighted by atomic mass is 35.7. The second-order valence-corrected chi connectivity index (χ2v) is 12.0. The Morgan fingerprint density at radius 3 is 2.45 bits per heavy atom. The predicted molar refractivity (Wildman–Crippen MR) is 55.9 cm³/mol. The van der Waals surface area contributed by atoms with E-state index >= 15 is 0 Å². The van der Waals surface area contributed by atoms with Gasteiger partial charge in [0.25, 0.3) is 0 Å². The molecule has 0 aromatic heterocycles. The molecule has 0 bridgehead atoms. The quantitative estimate of drug-likeness (QED) is 0.420. The minimum absolute atomic E-state index is 0.164. The molecule has 5 heteroatoms. The topological polar surface area (TPSA) is 17.1 Å². The first kappa shape index (κ1) is 11.8. The van der Waals surface area contributed by atoms with Crippen LogP contribution in [0.15, 0.2) is 0 Å². The first-order valence-corrected chi connectivity index (χ1v) is 9.14. The smallest absolute Gasteiger partial charge is 0.248 e. The molecule has 0 spiro atoms. The molecule has 11 heavy (non-hydrogen) atoms. The number of hydrogen-bond acceptors (Lipinski definition) is 2. The summed E-state index contributed by atoms with van der Waals surface area (Å²) < 4.78 is 0. The maximum atomic E-state index is 10.5. The van der Waals surface area contributed by atoms with E-state index in [2.05, 4.69) is 0 Å². The standard InChI is InChI=1S/C6H12Cl2OSSi/c1-6(9)10-4-3-5-11(2,7)8/h3-5H2,1-2H3. The first-order chi connectivity index (χ1) is 4.92. The fourth-order valence-corrected chi connectivity index (χ4v) is 3.03. The SMILES string of the molecule is CC(=O)SCCC[Si](C)(Cl)Cl. The molecule has 0 saturated heterocycles. The number of halogens is 2. The van der Waals surface area contributed by atoms with E-state index in [0.717, 1.165) is 18.2 Å². The van der Waals surface area contributed by atoms with Crippen LogP contribution in [0.3, 0.4) is 0 Å². The Bertz CT molecular complexity index is 135. The molecule has 0 fully saturated rings. The van der Waals surface area contributed by atoms with Gasteiger partial charge in [-0.15, -0.1) is 22.2 Å². The molecule has 0 saturated carbocycles. The van der Waals surface area contributed by atoms with Gasteiger partial charge in [0.15, 0.2) is 5.12 Å². The lowest BCUT2D eigenvalue weighted by atomic mass is 10.6. The number of rotatable bonds is 4. The van der Waals surface area contributed by atoms with E-state index in [0.29, 0.717) is 0 Å². The van der Waals surface area contributed by atoms with E-state index in [4.69, 9.17) is 22.2 Å². The van der Waals surface area contributed by atoms with Crippen molar-refractivity contribution in [2.75, 3.05) is 5.75 Å². The summed E-state index contributed by atoms with van der Waals surface area (Å²) in [5.41, 5.74) is 0. The Kier molecular flexibility index (Phi) is 5.87. The van der Waals surface area contributed by atoms with Gasteiger partial charge >= 0.3 is 0 Å². The predicted octanol–water partition coefficient (Wildman–Crippen LogP) is 3.21. The van der Waals surface area contributed by atoms with Gasteiger partial charge in [0.1, 0.15) is 0 Å². The van der Waals surface area contributed by atoms with Gasteiger partial charge in [0.2, 0.25) is 6.69 Å². The maximum Gasteiger partial charge on any atom is 0.248 e. The first-order valence-electron chi connectivity index (χ1n) is 3.43. The monoisotopic (exact) mass is 230 g/mol. The Balaban J connectivity index is 3.22. The molecule has 0 aliphatic rings. The second kappa shape index (κ2) is 5.46. The van der Waals surface area contributed by atoms with Gasteiger partial charge < -0.3 is 0 Å². The molecule has 0 unspecified atom stereocenters. The number of hydrogen-bond donors (Lipinski definition) is 0. The van der Waals surface area contributed by atoms with E-state index in [9.17, 15) is 4.79 Å². The van der Waals surface area contributed by atoms with Crippen LogP contribution in [0.4, 0.5) is 0 Å². The van der Waals surface area contributed by atoms with E-state index in [-0.39, 0.29) is 5.12 Å². The van der Waals surface area contributed by atoms with E-state index in [1.807, 2.05) is 6.55 Å². The zero-order chi connectivity index (χ0) is 8.91. The Labute approximate surface area is 82.2 Å². The molecule has 0 N–H and O–H groups in total. The highest BCUT2D eigenvalue weighted by Gasteiger charge is 2.19. The van der Waals surface area contributed by atoms with Gasteiger partial charge in [-0.25, -0.2) is 0 Å². The Morgan fingerprint density at radius 1 is 1.55 bits per heavy atom.